The van der Waals surface area contributed by atoms with E-state index in [0.717, 1.165) is 16.9 Å². The van der Waals surface area contributed by atoms with Gasteiger partial charge in [-0.15, -0.1) is 0 Å². The molecule has 5 rings (SSSR count). The Morgan fingerprint density at radius 2 is 1.86 bits per heavy atom. The van der Waals surface area contributed by atoms with E-state index in [1.165, 1.54) is 12.1 Å². The second-order valence-corrected chi connectivity index (χ2v) is 9.61. The van der Waals surface area contributed by atoms with Gasteiger partial charge in [-0.3, -0.25) is 9.78 Å². The second kappa shape index (κ2) is 9.30. The van der Waals surface area contributed by atoms with Crippen LogP contribution in [0.2, 0.25) is 5.02 Å². The molecule has 1 N–H and O–H groups in total. The first-order chi connectivity index (χ1) is 16.9. The Labute approximate surface area is 208 Å². The molecule has 0 bridgehead atoms. The number of hydrogen-bond donors (Lipinski definition) is 1. The number of β-lactam (4-membered cyclic amide) rings is 1. The molecule has 6 nitrogen and oxygen atoms in total. The van der Waals surface area contributed by atoms with Crippen molar-refractivity contribution in [3.05, 3.63) is 95.0 Å². The van der Waals surface area contributed by atoms with Gasteiger partial charge in [0.2, 0.25) is 5.91 Å². The highest BCUT2D eigenvalue weighted by atomic mass is 35.5. The lowest BCUT2D eigenvalue weighted by Gasteiger charge is -2.58. The highest BCUT2D eigenvalue weighted by molar-refractivity contribution is 6.31. The van der Waals surface area contributed by atoms with Crippen LogP contribution in [0.4, 0.5) is 14.9 Å². The van der Waals surface area contributed by atoms with Gasteiger partial charge in [-0.05, 0) is 67.8 Å². The first-order valence-corrected chi connectivity index (χ1v) is 12.1. The molecular weight excluding hydrogens is 467 g/mol. The number of likely N-dealkylation sites (tertiary alicyclic amines) is 1. The van der Waals surface area contributed by atoms with Crippen LogP contribution in [0.25, 0.3) is 0 Å². The zero-order chi connectivity index (χ0) is 24.6. The van der Waals surface area contributed by atoms with Gasteiger partial charge in [-0.1, -0.05) is 35.9 Å². The van der Waals surface area contributed by atoms with Crippen LogP contribution in [0.15, 0.2) is 72.9 Å². The number of anilines is 1. The molecule has 3 heterocycles. The Bertz CT molecular complexity index is 1230. The Balaban J connectivity index is 1.32. The molecule has 3 amide bonds. The normalized spacial score (nSPS) is 19.9. The number of hydrogen-bond acceptors (Lipinski definition) is 3. The van der Waals surface area contributed by atoms with E-state index in [1.54, 1.807) is 40.3 Å². The van der Waals surface area contributed by atoms with Crippen LogP contribution in [0.5, 0.6) is 0 Å². The number of aromatic nitrogens is 1. The van der Waals surface area contributed by atoms with Crippen molar-refractivity contribution in [1.29, 1.82) is 0 Å². The third-order valence-corrected chi connectivity index (χ3v) is 7.37. The van der Waals surface area contributed by atoms with Gasteiger partial charge in [0, 0.05) is 30.0 Å². The van der Waals surface area contributed by atoms with Crippen molar-refractivity contribution in [1.82, 2.24) is 15.2 Å². The number of pyridine rings is 1. The van der Waals surface area contributed by atoms with Gasteiger partial charge >= 0.3 is 6.03 Å². The summed E-state index contributed by atoms with van der Waals surface area (Å²) in [6.07, 6.45) is 2.83. The van der Waals surface area contributed by atoms with Crippen LogP contribution in [-0.4, -0.2) is 34.9 Å². The molecule has 2 fully saturated rings. The summed E-state index contributed by atoms with van der Waals surface area (Å²) < 4.78 is 13.2. The van der Waals surface area contributed by atoms with Crippen LogP contribution in [-0.2, 0) is 4.79 Å². The first kappa shape index (κ1) is 23.3. The number of carbonyl (C=O) groups excluding carboxylic acids is 2. The average molecular weight is 493 g/mol. The molecule has 2 atom stereocenters. The van der Waals surface area contributed by atoms with Crippen molar-refractivity contribution in [3.63, 3.8) is 0 Å². The summed E-state index contributed by atoms with van der Waals surface area (Å²) in [5.74, 6) is -0.275. The van der Waals surface area contributed by atoms with Gasteiger partial charge in [0.1, 0.15) is 5.82 Å². The van der Waals surface area contributed by atoms with Crippen molar-refractivity contribution in [2.45, 2.75) is 31.8 Å². The third kappa shape index (κ3) is 4.25. The Hall–Kier alpha value is -3.45. The minimum Gasteiger partial charge on any atom is -0.331 e. The fourth-order valence-electron chi connectivity index (χ4n) is 5.21. The van der Waals surface area contributed by atoms with Crippen molar-refractivity contribution in [2.24, 2.45) is 5.41 Å². The quantitative estimate of drug-likeness (QED) is 0.488. The molecule has 35 heavy (non-hydrogen) atoms. The molecule has 1 spiro atoms. The summed E-state index contributed by atoms with van der Waals surface area (Å²) in [5.41, 5.74) is 1.79. The third-order valence-electron chi connectivity index (χ3n) is 7.13. The Morgan fingerprint density at radius 3 is 2.51 bits per heavy atom. The predicted molar refractivity (Wildman–Crippen MR) is 133 cm³/mol. The SMILES string of the molecule is C[C@H](NC(=O)N1CCC2(CC1)C(=O)N(c1cccc(Cl)c1)C2c1ccccn1)c1ccc(F)cc1. The lowest BCUT2D eigenvalue weighted by molar-refractivity contribution is -0.144. The number of rotatable bonds is 4. The van der Waals surface area contributed by atoms with Gasteiger partial charge in [0.15, 0.2) is 0 Å². The molecule has 180 valence electrons. The molecule has 0 saturated carbocycles. The zero-order valence-corrected chi connectivity index (χ0v) is 20.1. The van der Waals surface area contributed by atoms with E-state index < -0.39 is 5.41 Å². The van der Waals surface area contributed by atoms with Crippen LogP contribution in [0.1, 0.15) is 43.1 Å². The predicted octanol–water partition coefficient (Wildman–Crippen LogP) is 5.52. The minimum absolute atomic E-state index is 0.0372. The number of halogens is 2. The smallest absolute Gasteiger partial charge is 0.317 e. The van der Waals surface area contributed by atoms with Crippen LogP contribution in [0, 0.1) is 11.2 Å². The van der Waals surface area contributed by atoms with E-state index in [1.807, 2.05) is 37.3 Å². The number of piperidine rings is 1. The molecule has 2 saturated heterocycles. The van der Waals surface area contributed by atoms with Gasteiger partial charge < -0.3 is 15.1 Å². The first-order valence-electron chi connectivity index (χ1n) is 11.7. The maximum atomic E-state index is 13.6. The lowest BCUT2D eigenvalue weighted by Crippen LogP contribution is -2.67. The molecule has 1 aromatic heterocycles. The van der Waals surface area contributed by atoms with E-state index in [0.29, 0.717) is 31.0 Å². The lowest BCUT2D eigenvalue weighted by atomic mass is 9.63. The minimum atomic E-state index is -0.615. The highest BCUT2D eigenvalue weighted by Gasteiger charge is 2.62. The molecule has 1 unspecified atom stereocenters. The van der Waals surface area contributed by atoms with E-state index >= 15 is 0 Å². The van der Waals surface area contributed by atoms with Crippen LogP contribution >= 0.6 is 11.6 Å². The number of nitrogens with one attached hydrogen (secondary N) is 1. The molecule has 3 aromatic rings. The van der Waals surface area contributed by atoms with Gasteiger partial charge in [-0.25, -0.2) is 9.18 Å². The largest absolute Gasteiger partial charge is 0.331 e. The van der Waals surface area contributed by atoms with E-state index in [2.05, 4.69) is 10.3 Å². The Morgan fingerprint density at radius 1 is 1.11 bits per heavy atom. The summed E-state index contributed by atoms with van der Waals surface area (Å²) in [7, 11) is 0. The van der Waals surface area contributed by atoms with Crippen molar-refractivity contribution in [3.8, 4) is 0 Å². The van der Waals surface area contributed by atoms with Gasteiger partial charge in [-0.2, -0.15) is 0 Å². The van der Waals surface area contributed by atoms with Crippen molar-refractivity contribution >= 4 is 29.2 Å². The molecule has 2 aliphatic rings. The Kier molecular flexibility index (Phi) is 6.19. The monoisotopic (exact) mass is 492 g/mol. The van der Waals surface area contributed by atoms with Crippen LogP contribution < -0.4 is 10.2 Å². The number of urea groups is 1. The topological polar surface area (TPSA) is 65.5 Å². The van der Waals surface area contributed by atoms with Gasteiger partial charge in [0.05, 0.1) is 23.2 Å². The molecule has 2 aromatic carbocycles. The number of nitrogens with zero attached hydrogens (tertiary/aromatic N) is 3. The molecule has 0 aliphatic carbocycles. The molecular formula is C27H26ClFN4O2. The summed E-state index contributed by atoms with van der Waals surface area (Å²) in [6.45, 7) is 2.78. The maximum Gasteiger partial charge on any atom is 0.317 e. The molecule has 8 heteroatoms. The maximum absolute atomic E-state index is 13.6. The summed E-state index contributed by atoms with van der Waals surface area (Å²) in [4.78, 5) is 34.6. The second-order valence-electron chi connectivity index (χ2n) is 9.18. The number of benzene rings is 2. The van der Waals surface area contributed by atoms with Gasteiger partial charge in [0.25, 0.3) is 0 Å². The summed E-state index contributed by atoms with van der Waals surface area (Å²) in [6, 6.07) is 18.4. The van der Waals surface area contributed by atoms with E-state index in [9.17, 15) is 14.0 Å². The zero-order valence-electron chi connectivity index (χ0n) is 19.3. The molecule has 2 aliphatic heterocycles. The van der Waals surface area contributed by atoms with Crippen LogP contribution in [0.3, 0.4) is 0 Å². The van der Waals surface area contributed by atoms with E-state index in [4.69, 9.17) is 11.6 Å². The van der Waals surface area contributed by atoms with Crippen molar-refractivity contribution < 1.29 is 14.0 Å². The summed E-state index contributed by atoms with van der Waals surface area (Å²) >= 11 is 6.21. The van der Waals surface area contributed by atoms with Crippen molar-refractivity contribution in [2.75, 3.05) is 18.0 Å². The molecule has 0 radical (unpaired) electrons. The average Bonchev–Trinajstić information content (AvgIpc) is 2.87. The van der Waals surface area contributed by atoms with E-state index in [-0.39, 0.29) is 29.8 Å². The fourth-order valence-corrected chi connectivity index (χ4v) is 5.39. The standard InChI is InChI=1S/C27H26ClFN4O2/c1-18(19-8-10-21(29)11-9-19)31-26(35)32-15-12-27(13-16-32)24(23-7-2-3-14-30-23)33(25(27)34)22-6-4-5-20(28)17-22/h2-11,14,17-18,24H,12-13,15-16H2,1H3,(H,31,35)/t18-,24?/m0/s1. The highest BCUT2D eigenvalue weighted by Crippen LogP contribution is 2.57. The number of amides is 3. The fraction of sp³-hybridized carbons (Fsp3) is 0.296. The number of carbonyl (C=O) groups is 2. The summed E-state index contributed by atoms with van der Waals surface area (Å²) in [5, 5.41) is 3.55.